The fraction of sp³-hybridized carbons (Fsp3) is 0.357. The molecule has 0 bridgehead atoms. The Morgan fingerprint density at radius 1 is 1.35 bits per heavy atom. The first-order valence-electron chi connectivity index (χ1n) is 6.46. The zero-order valence-corrected chi connectivity index (χ0v) is 12.4. The van der Waals surface area contributed by atoms with Gasteiger partial charge in [-0.1, -0.05) is 13.0 Å². The van der Waals surface area contributed by atoms with Crippen LogP contribution in [0.4, 0.5) is 0 Å². The Bertz CT molecular complexity index is 677. The van der Waals surface area contributed by atoms with E-state index in [0.717, 1.165) is 18.7 Å². The second-order valence-electron chi connectivity index (χ2n) is 4.62. The van der Waals surface area contributed by atoms with Crippen LogP contribution in [0.1, 0.15) is 19.0 Å². The van der Waals surface area contributed by atoms with Crippen LogP contribution < -0.4 is 5.32 Å². The number of aromatic nitrogens is 1. The molecule has 0 radical (unpaired) electrons. The summed E-state index contributed by atoms with van der Waals surface area (Å²) in [4.78, 5) is 4.61. The third-order valence-electron chi connectivity index (χ3n) is 2.79. The molecular formula is C14H18N2O3S. The Morgan fingerprint density at radius 2 is 2.15 bits per heavy atom. The minimum absolute atomic E-state index is 0.263. The van der Waals surface area contributed by atoms with Crippen molar-refractivity contribution in [3.05, 3.63) is 36.2 Å². The SMILES string of the molecule is CCCNCc1coc(-c2cccc(S(C)(=O)=O)c2)n1. The van der Waals surface area contributed by atoms with Gasteiger partial charge in [0.25, 0.3) is 0 Å². The van der Waals surface area contributed by atoms with E-state index >= 15 is 0 Å². The Balaban J connectivity index is 2.20. The number of oxazole rings is 1. The van der Waals surface area contributed by atoms with Crippen molar-refractivity contribution in [3.8, 4) is 11.5 Å². The van der Waals surface area contributed by atoms with Gasteiger partial charge in [0.2, 0.25) is 5.89 Å². The van der Waals surface area contributed by atoms with Crippen LogP contribution >= 0.6 is 0 Å². The molecule has 5 nitrogen and oxygen atoms in total. The zero-order valence-electron chi connectivity index (χ0n) is 11.6. The predicted octanol–water partition coefficient (Wildman–Crippen LogP) is 2.24. The molecule has 0 fully saturated rings. The molecule has 0 saturated carbocycles. The second-order valence-corrected chi connectivity index (χ2v) is 6.64. The summed E-state index contributed by atoms with van der Waals surface area (Å²) in [6, 6.07) is 6.60. The van der Waals surface area contributed by atoms with E-state index in [0.29, 0.717) is 18.0 Å². The van der Waals surface area contributed by atoms with Crippen LogP contribution in [0.15, 0.2) is 39.8 Å². The molecule has 0 aliphatic carbocycles. The topological polar surface area (TPSA) is 72.2 Å². The van der Waals surface area contributed by atoms with Gasteiger partial charge in [-0.3, -0.25) is 0 Å². The highest BCUT2D eigenvalue weighted by atomic mass is 32.2. The van der Waals surface area contributed by atoms with Crippen molar-refractivity contribution < 1.29 is 12.8 Å². The number of hydrogen-bond acceptors (Lipinski definition) is 5. The summed E-state index contributed by atoms with van der Waals surface area (Å²) >= 11 is 0. The van der Waals surface area contributed by atoms with Crippen molar-refractivity contribution >= 4 is 9.84 Å². The lowest BCUT2D eigenvalue weighted by Gasteiger charge is -2.00. The van der Waals surface area contributed by atoms with Crippen LogP contribution in [-0.4, -0.2) is 26.2 Å². The lowest BCUT2D eigenvalue weighted by molar-refractivity contribution is 0.569. The van der Waals surface area contributed by atoms with Crippen molar-refractivity contribution in [3.63, 3.8) is 0 Å². The van der Waals surface area contributed by atoms with Crippen LogP contribution in [0.25, 0.3) is 11.5 Å². The molecule has 0 aliphatic heterocycles. The quantitative estimate of drug-likeness (QED) is 0.827. The molecule has 0 amide bonds. The number of nitrogens with one attached hydrogen (secondary N) is 1. The van der Waals surface area contributed by atoms with Crippen LogP contribution in [0.2, 0.25) is 0 Å². The van der Waals surface area contributed by atoms with Crippen molar-refractivity contribution in [1.82, 2.24) is 10.3 Å². The molecule has 2 rings (SSSR count). The minimum Gasteiger partial charge on any atom is -0.444 e. The molecule has 0 spiro atoms. The van der Waals surface area contributed by atoms with Crippen LogP contribution in [0.3, 0.4) is 0 Å². The average Bonchev–Trinajstić information content (AvgIpc) is 2.87. The lowest BCUT2D eigenvalue weighted by atomic mass is 10.2. The monoisotopic (exact) mass is 294 g/mol. The van der Waals surface area contributed by atoms with E-state index in [1.165, 1.54) is 6.26 Å². The van der Waals surface area contributed by atoms with Gasteiger partial charge in [-0.15, -0.1) is 0 Å². The second kappa shape index (κ2) is 6.19. The first-order chi connectivity index (χ1) is 9.50. The van der Waals surface area contributed by atoms with Gasteiger partial charge in [-0.05, 0) is 31.2 Å². The number of hydrogen-bond donors (Lipinski definition) is 1. The summed E-state index contributed by atoms with van der Waals surface area (Å²) in [7, 11) is -3.23. The van der Waals surface area contributed by atoms with Crippen molar-refractivity contribution in [2.75, 3.05) is 12.8 Å². The third kappa shape index (κ3) is 3.68. The number of rotatable bonds is 6. The maximum absolute atomic E-state index is 11.5. The maximum Gasteiger partial charge on any atom is 0.226 e. The van der Waals surface area contributed by atoms with Gasteiger partial charge in [0, 0.05) is 18.4 Å². The molecular weight excluding hydrogens is 276 g/mol. The maximum atomic E-state index is 11.5. The average molecular weight is 294 g/mol. The lowest BCUT2D eigenvalue weighted by Crippen LogP contribution is -2.13. The van der Waals surface area contributed by atoms with Gasteiger partial charge in [-0.25, -0.2) is 13.4 Å². The van der Waals surface area contributed by atoms with Gasteiger partial charge < -0.3 is 9.73 Å². The molecule has 20 heavy (non-hydrogen) atoms. The van der Waals surface area contributed by atoms with E-state index in [-0.39, 0.29) is 4.90 Å². The predicted molar refractivity (Wildman–Crippen MR) is 77.0 cm³/mol. The summed E-state index contributed by atoms with van der Waals surface area (Å²) in [6.45, 7) is 3.66. The number of nitrogens with zero attached hydrogens (tertiary/aromatic N) is 1. The Labute approximate surface area is 119 Å². The highest BCUT2D eigenvalue weighted by Crippen LogP contribution is 2.21. The van der Waals surface area contributed by atoms with E-state index < -0.39 is 9.84 Å². The van der Waals surface area contributed by atoms with Crippen molar-refractivity contribution in [1.29, 1.82) is 0 Å². The van der Waals surface area contributed by atoms with Gasteiger partial charge >= 0.3 is 0 Å². The van der Waals surface area contributed by atoms with Crippen molar-refractivity contribution in [2.24, 2.45) is 0 Å². The molecule has 0 unspecified atom stereocenters. The van der Waals surface area contributed by atoms with Gasteiger partial charge in [0.05, 0.1) is 10.6 Å². The Morgan fingerprint density at radius 3 is 2.85 bits per heavy atom. The Kier molecular flexibility index (Phi) is 4.57. The summed E-state index contributed by atoms with van der Waals surface area (Å²) < 4.78 is 28.5. The summed E-state index contributed by atoms with van der Waals surface area (Å²) in [5, 5.41) is 3.23. The fourth-order valence-electron chi connectivity index (χ4n) is 1.77. The first kappa shape index (κ1) is 14.7. The molecule has 1 heterocycles. The normalized spacial score (nSPS) is 11.7. The molecule has 6 heteroatoms. The highest BCUT2D eigenvalue weighted by molar-refractivity contribution is 7.90. The fourth-order valence-corrected chi connectivity index (χ4v) is 2.44. The summed E-state index contributed by atoms with van der Waals surface area (Å²) in [6.07, 6.45) is 3.83. The number of benzene rings is 1. The molecule has 0 saturated heterocycles. The van der Waals surface area contributed by atoms with Gasteiger partial charge in [0.15, 0.2) is 9.84 Å². The molecule has 108 valence electrons. The van der Waals surface area contributed by atoms with E-state index in [9.17, 15) is 8.42 Å². The van der Waals surface area contributed by atoms with E-state index in [2.05, 4.69) is 17.2 Å². The molecule has 1 aromatic carbocycles. The largest absolute Gasteiger partial charge is 0.444 e. The molecule has 1 N–H and O–H groups in total. The summed E-state index contributed by atoms with van der Waals surface area (Å²) in [5.74, 6) is 0.434. The van der Waals surface area contributed by atoms with E-state index in [1.807, 2.05) is 0 Å². The van der Waals surface area contributed by atoms with Crippen LogP contribution in [0, 0.1) is 0 Å². The van der Waals surface area contributed by atoms with Gasteiger partial charge in [0.1, 0.15) is 6.26 Å². The highest BCUT2D eigenvalue weighted by Gasteiger charge is 2.11. The van der Waals surface area contributed by atoms with E-state index in [1.54, 1.807) is 30.5 Å². The zero-order chi connectivity index (χ0) is 14.6. The standard InChI is InChI=1S/C14H18N2O3S/c1-3-7-15-9-12-10-19-14(16-12)11-5-4-6-13(8-11)20(2,17)18/h4-6,8,10,15H,3,7,9H2,1-2H3. The molecule has 0 aliphatic rings. The Hall–Kier alpha value is -1.66. The molecule has 2 aromatic rings. The minimum atomic E-state index is -3.23. The van der Waals surface area contributed by atoms with Crippen LogP contribution in [0.5, 0.6) is 0 Å². The van der Waals surface area contributed by atoms with Crippen LogP contribution in [-0.2, 0) is 16.4 Å². The summed E-state index contributed by atoms with van der Waals surface area (Å²) in [5.41, 5.74) is 1.47. The van der Waals surface area contributed by atoms with E-state index in [4.69, 9.17) is 4.42 Å². The first-order valence-corrected chi connectivity index (χ1v) is 8.35. The molecule has 1 aromatic heterocycles. The molecule has 0 atom stereocenters. The third-order valence-corrected chi connectivity index (χ3v) is 3.90. The smallest absolute Gasteiger partial charge is 0.226 e. The number of sulfone groups is 1. The van der Waals surface area contributed by atoms with Gasteiger partial charge in [-0.2, -0.15) is 0 Å². The van der Waals surface area contributed by atoms with Crippen molar-refractivity contribution in [2.45, 2.75) is 24.8 Å².